The first kappa shape index (κ1) is 22.0. The average molecular weight is 430 g/mol. The minimum atomic E-state index is -0.277. The van der Waals surface area contributed by atoms with Gasteiger partial charge in [0, 0.05) is 24.7 Å². The third-order valence-corrected chi connectivity index (χ3v) is 4.85. The molecule has 5 nitrogen and oxygen atoms in total. The maximum atomic E-state index is 13.3. The molecule has 1 amide bonds. The highest BCUT2D eigenvalue weighted by molar-refractivity contribution is 6.31. The molecule has 3 aromatic rings. The number of rotatable bonds is 9. The van der Waals surface area contributed by atoms with Crippen LogP contribution in [-0.4, -0.2) is 22.3 Å². The number of amides is 1. The molecule has 0 atom stereocenters. The molecule has 1 aromatic heterocycles. The summed E-state index contributed by atoms with van der Waals surface area (Å²) >= 11 is 6.33. The molecular formula is C23H25ClFN3O2. The van der Waals surface area contributed by atoms with E-state index < -0.39 is 0 Å². The number of benzene rings is 2. The Morgan fingerprint density at radius 1 is 1.13 bits per heavy atom. The first-order valence-electron chi connectivity index (χ1n) is 9.83. The Kier molecular flexibility index (Phi) is 7.60. The van der Waals surface area contributed by atoms with E-state index in [0.717, 1.165) is 11.1 Å². The number of nitrogens with one attached hydrogen (secondary N) is 1. The number of hydrogen-bond donors (Lipinski definition) is 1. The lowest BCUT2D eigenvalue weighted by Crippen LogP contribution is -2.27. The molecule has 0 bridgehead atoms. The van der Waals surface area contributed by atoms with Crippen LogP contribution in [0.5, 0.6) is 0 Å². The van der Waals surface area contributed by atoms with Crippen molar-refractivity contribution in [2.75, 3.05) is 6.54 Å². The highest BCUT2D eigenvalue weighted by Gasteiger charge is 2.16. The maximum Gasteiger partial charge on any atom is 0.273 e. The highest BCUT2D eigenvalue weighted by atomic mass is 35.5. The normalized spacial score (nSPS) is 11.3. The molecule has 0 saturated carbocycles. The number of aromatic nitrogens is 1. The van der Waals surface area contributed by atoms with E-state index in [4.69, 9.17) is 16.0 Å². The summed E-state index contributed by atoms with van der Waals surface area (Å²) in [5, 5.41) is 3.50. The van der Waals surface area contributed by atoms with Gasteiger partial charge >= 0.3 is 0 Å². The Hall–Kier alpha value is -2.70. The van der Waals surface area contributed by atoms with Gasteiger partial charge in [-0.2, -0.15) is 0 Å². The summed E-state index contributed by atoms with van der Waals surface area (Å²) < 4.78 is 18.8. The fourth-order valence-corrected chi connectivity index (χ4v) is 3.15. The number of carbonyl (C=O) groups is 1. The van der Waals surface area contributed by atoms with E-state index in [9.17, 15) is 9.18 Å². The van der Waals surface area contributed by atoms with Crippen molar-refractivity contribution in [2.45, 2.75) is 33.5 Å². The predicted molar refractivity (Wildman–Crippen MR) is 114 cm³/mol. The van der Waals surface area contributed by atoms with Gasteiger partial charge in [-0.15, -0.1) is 0 Å². The molecule has 7 heteroatoms. The van der Waals surface area contributed by atoms with Gasteiger partial charge in [0.25, 0.3) is 5.91 Å². The lowest BCUT2D eigenvalue weighted by Gasteiger charge is -2.21. The van der Waals surface area contributed by atoms with Crippen molar-refractivity contribution in [3.05, 3.63) is 88.3 Å². The molecule has 30 heavy (non-hydrogen) atoms. The fraction of sp³-hybridized carbons (Fsp3) is 0.304. The number of carbonyl (C=O) groups excluding carboxylic acids is 1. The molecule has 158 valence electrons. The molecule has 1 heterocycles. The summed E-state index contributed by atoms with van der Waals surface area (Å²) in [6, 6.07) is 14.0. The molecule has 0 spiro atoms. The van der Waals surface area contributed by atoms with Gasteiger partial charge in [-0.05, 0) is 35.2 Å². The van der Waals surface area contributed by atoms with Crippen LogP contribution in [0.1, 0.15) is 41.4 Å². The molecule has 0 aliphatic carbocycles. The second-order valence-electron chi connectivity index (χ2n) is 7.59. The highest BCUT2D eigenvalue weighted by Crippen LogP contribution is 2.20. The van der Waals surface area contributed by atoms with Crippen molar-refractivity contribution >= 4 is 17.5 Å². The van der Waals surface area contributed by atoms with Crippen LogP contribution in [0.4, 0.5) is 4.39 Å². The van der Waals surface area contributed by atoms with Gasteiger partial charge in [-0.1, -0.05) is 55.8 Å². The van der Waals surface area contributed by atoms with Gasteiger partial charge < -0.3 is 9.73 Å². The lowest BCUT2D eigenvalue weighted by atomic mass is 10.1. The monoisotopic (exact) mass is 429 g/mol. The molecule has 0 aliphatic heterocycles. The first-order chi connectivity index (χ1) is 14.4. The molecule has 0 saturated heterocycles. The molecule has 3 rings (SSSR count). The minimum Gasteiger partial charge on any atom is -0.447 e. The second-order valence-corrected chi connectivity index (χ2v) is 8.00. The van der Waals surface area contributed by atoms with Crippen molar-refractivity contribution in [3.8, 4) is 0 Å². The summed E-state index contributed by atoms with van der Waals surface area (Å²) in [6.45, 7) is 6.09. The smallest absolute Gasteiger partial charge is 0.273 e. The lowest BCUT2D eigenvalue weighted by molar-refractivity contribution is 0.0944. The van der Waals surface area contributed by atoms with Crippen LogP contribution in [0.3, 0.4) is 0 Å². The number of nitrogens with zero attached hydrogens (tertiary/aromatic N) is 2. The van der Waals surface area contributed by atoms with Crippen molar-refractivity contribution in [1.29, 1.82) is 0 Å². The van der Waals surface area contributed by atoms with E-state index in [1.165, 1.54) is 18.4 Å². The zero-order valence-electron chi connectivity index (χ0n) is 17.1. The fourth-order valence-electron chi connectivity index (χ4n) is 2.95. The number of hydrogen-bond acceptors (Lipinski definition) is 4. The average Bonchev–Trinajstić information content (AvgIpc) is 3.18. The van der Waals surface area contributed by atoms with Crippen LogP contribution < -0.4 is 5.32 Å². The summed E-state index contributed by atoms with van der Waals surface area (Å²) in [5.41, 5.74) is 2.16. The largest absolute Gasteiger partial charge is 0.447 e. The van der Waals surface area contributed by atoms with Gasteiger partial charge in [0.1, 0.15) is 12.1 Å². The summed E-state index contributed by atoms with van der Waals surface area (Å²) in [6.07, 6.45) is 1.37. The summed E-state index contributed by atoms with van der Waals surface area (Å²) in [7, 11) is 0. The van der Waals surface area contributed by atoms with Crippen molar-refractivity contribution in [1.82, 2.24) is 15.2 Å². The maximum absolute atomic E-state index is 13.3. The Bertz CT molecular complexity index is 973. The molecule has 1 N–H and O–H groups in total. The molecule has 0 fully saturated rings. The van der Waals surface area contributed by atoms with E-state index in [-0.39, 0.29) is 17.4 Å². The minimum absolute atomic E-state index is 0.255. The molecular weight excluding hydrogens is 405 g/mol. The predicted octanol–water partition coefficient (Wildman–Crippen LogP) is 5.06. The van der Waals surface area contributed by atoms with Gasteiger partial charge in [-0.3, -0.25) is 9.69 Å². The van der Waals surface area contributed by atoms with Gasteiger partial charge in [0.05, 0.1) is 6.54 Å². The Morgan fingerprint density at radius 3 is 2.57 bits per heavy atom. The Morgan fingerprint density at radius 2 is 1.87 bits per heavy atom. The van der Waals surface area contributed by atoms with Crippen molar-refractivity contribution in [3.63, 3.8) is 0 Å². The number of oxazole rings is 1. The standard InChI is InChI=1S/C23H25ClFN3O2/c1-16(2)11-26-23(29)21-15-30-22(27-21)14-28(12-17-7-9-19(25)10-8-17)13-18-5-3-4-6-20(18)24/h3-10,15-16H,11-14H2,1-2H3,(H,26,29). The molecule has 2 aromatic carbocycles. The van der Waals surface area contributed by atoms with Crippen LogP contribution in [0.25, 0.3) is 0 Å². The molecule has 0 aliphatic rings. The van der Waals surface area contributed by atoms with Gasteiger partial charge in [0.15, 0.2) is 5.69 Å². The first-order valence-corrected chi connectivity index (χ1v) is 10.2. The van der Waals surface area contributed by atoms with Gasteiger partial charge in [0.2, 0.25) is 5.89 Å². The second kappa shape index (κ2) is 10.4. The SMILES string of the molecule is CC(C)CNC(=O)c1coc(CN(Cc2ccc(F)cc2)Cc2ccccc2Cl)n1. The van der Waals surface area contributed by atoms with Crippen LogP contribution >= 0.6 is 11.6 Å². The summed E-state index contributed by atoms with van der Waals surface area (Å²) in [4.78, 5) is 18.6. The third-order valence-electron chi connectivity index (χ3n) is 4.49. The Balaban J connectivity index is 1.74. The van der Waals surface area contributed by atoms with Crippen LogP contribution in [0.2, 0.25) is 5.02 Å². The molecule has 0 radical (unpaired) electrons. The van der Waals surface area contributed by atoms with E-state index in [1.807, 2.05) is 38.1 Å². The molecule has 0 unspecified atom stereocenters. The summed E-state index contributed by atoms with van der Waals surface area (Å²) in [5.74, 6) is 0.247. The van der Waals surface area contributed by atoms with E-state index in [2.05, 4.69) is 15.2 Å². The van der Waals surface area contributed by atoms with Crippen molar-refractivity contribution in [2.24, 2.45) is 5.92 Å². The Labute approximate surface area is 180 Å². The van der Waals surface area contributed by atoms with E-state index in [1.54, 1.807) is 12.1 Å². The zero-order valence-corrected chi connectivity index (χ0v) is 17.8. The third kappa shape index (κ3) is 6.40. The van der Waals surface area contributed by atoms with Crippen LogP contribution in [-0.2, 0) is 19.6 Å². The van der Waals surface area contributed by atoms with Crippen LogP contribution in [0.15, 0.2) is 59.2 Å². The van der Waals surface area contributed by atoms with E-state index in [0.29, 0.717) is 43.0 Å². The number of halogens is 2. The zero-order chi connectivity index (χ0) is 21.5. The van der Waals surface area contributed by atoms with Crippen molar-refractivity contribution < 1.29 is 13.6 Å². The van der Waals surface area contributed by atoms with E-state index >= 15 is 0 Å². The van der Waals surface area contributed by atoms with Crippen LogP contribution in [0, 0.1) is 11.7 Å². The topological polar surface area (TPSA) is 58.4 Å². The van der Waals surface area contributed by atoms with Gasteiger partial charge in [-0.25, -0.2) is 9.37 Å². The quantitative estimate of drug-likeness (QED) is 0.516.